The summed E-state index contributed by atoms with van der Waals surface area (Å²) in [7, 11) is -1.62. The van der Waals surface area contributed by atoms with E-state index in [9.17, 15) is 13.2 Å². The van der Waals surface area contributed by atoms with Crippen LogP contribution < -0.4 is 5.32 Å². The molecule has 0 spiro atoms. The molecule has 0 unspecified atom stereocenters. The molecule has 1 rings (SSSR count). The number of carbonyl (C=O) groups excluding carboxylic acids is 1. The molecule has 7 heteroatoms. The van der Waals surface area contributed by atoms with Crippen LogP contribution in [0.1, 0.15) is 48.1 Å². The standard InChI is InChI=1S/C15H27N3O3S/c1-11(2)18-12(3)10-14(13(18)4)15(19)16-8-7-9-17(5)22(6,20)21/h10-11H,7-9H2,1-6H3,(H,16,19). The lowest BCUT2D eigenvalue weighted by Gasteiger charge is -2.14. The van der Waals surface area contributed by atoms with Gasteiger partial charge in [0, 0.05) is 37.6 Å². The van der Waals surface area contributed by atoms with E-state index in [4.69, 9.17) is 0 Å². The molecule has 0 saturated heterocycles. The number of hydrogen-bond acceptors (Lipinski definition) is 3. The number of rotatable bonds is 7. The molecular weight excluding hydrogens is 302 g/mol. The van der Waals surface area contributed by atoms with E-state index in [0.29, 0.717) is 31.1 Å². The molecule has 1 aromatic rings. The van der Waals surface area contributed by atoms with E-state index in [2.05, 4.69) is 23.7 Å². The van der Waals surface area contributed by atoms with Gasteiger partial charge in [-0.2, -0.15) is 0 Å². The molecular formula is C15H27N3O3S. The first-order chi connectivity index (χ1) is 10.1. The number of aryl methyl sites for hydroxylation is 1. The second-order valence-corrected chi connectivity index (χ2v) is 8.03. The summed E-state index contributed by atoms with van der Waals surface area (Å²) < 4.78 is 25.9. The van der Waals surface area contributed by atoms with Gasteiger partial charge in [0.05, 0.1) is 11.8 Å². The molecule has 1 amide bonds. The Morgan fingerprint density at radius 2 is 1.95 bits per heavy atom. The Balaban J connectivity index is 2.59. The van der Waals surface area contributed by atoms with Crippen molar-refractivity contribution in [3.8, 4) is 0 Å². The summed E-state index contributed by atoms with van der Waals surface area (Å²) in [5.74, 6) is -0.109. The molecule has 1 heterocycles. The number of hydrogen-bond donors (Lipinski definition) is 1. The highest BCUT2D eigenvalue weighted by atomic mass is 32.2. The second kappa shape index (κ2) is 7.28. The Morgan fingerprint density at radius 3 is 2.41 bits per heavy atom. The highest BCUT2D eigenvalue weighted by Crippen LogP contribution is 2.19. The van der Waals surface area contributed by atoms with E-state index in [0.717, 1.165) is 11.4 Å². The highest BCUT2D eigenvalue weighted by molar-refractivity contribution is 7.88. The molecule has 1 N–H and O–H groups in total. The third-order valence-corrected chi connectivity index (χ3v) is 5.06. The van der Waals surface area contributed by atoms with E-state index in [1.165, 1.54) is 17.6 Å². The van der Waals surface area contributed by atoms with Gasteiger partial charge in [-0.15, -0.1) is 0 Å². The monoisotopic (exact) mass is 329 g/mol. The summed E-state index contributed by atoms with van der Waals surface area (Å²) in [6, 6.07) is 2.21. The topological polar surface area (TPSA) is 71.4 Å². The average Bonchev–Trinajstić information content (AvgIpc) is 2.68. The zero-order valence-electron chi connectivity index (χ0n) is 14.3. The summed E-state index contributed by atoms with van der Waals surface area (Å²) in [6.45, 7) is 8.95. The van der Waals surface area contributed by atoms with Crippen LogP contribution >= 0.6 is 0 Å². The Hall–Kier alpha value is -1.34. The molecule has 0 saturated carbocycles. The van der Waals surface area contributed by atoms with Crippen LogP contribution in [0.15, 0.2) is 6.07 Å². The smallest absolute Gasteiger partial charge is 0.253 e. The summed E-state index contributed by atoms with van der Waals surface area (Å²) in [5.41, 5.74) is 2.70. The minimum absolute atomic E-state index is 0.109. The number of amides is 1. The van der Waals surface area contributed by atoms with Crippen LogP contribution in [-0.2, 0) is 10.0 Å². The maximum atomic E-state index is 12.2. The van der Waals surface area contributed by atoms with E-state index in [-0.39, 0.29) is 5.91 Å². The Bertz CT molecular complexity index is 633. The van der Waals surface area contributed by atoms with Crippen molar-refractivity contribution in [3.63, 3.8) is 0 Å². The first-order valence-corrected chi connectivity index (χ1v) is 9.28. The number of nitrogens with one attached hydrogen (secondary N) is 1. The predicted molar refractivity (Wildman–Crippen MR) is 88.7 cm³/mol. The number of nitrogens with zero attached hydrogens (tertiary/aromatic N) is 2. The van der Waals surface area contributed by atoms with Gasteiger partial charge in [0.2, 0.25) is 10.0 Å². The van der Waals surface area contributed by atoms with Gasteiger partial charge in [0.25, 0.3) is 5.91 Å². The van der Waals surface area contributed by atoms with E-state index in [1.807, 2.05) is 19.9 Å². The molecule has 0 fully saturated rings. The maximum Gasteiger partial charge on any atom is 0.253 e. The van der Waals surface area contributed by atoms with Crippen LogP contribution in [0.5, 0.6) is 0 Å². The lowest BCUT2D eigenvalue weighted by atomic mass is 10.2. The molecule has 0 aliphatic rings. The van der Waals surface area contributed by atoms with Gasteiger partial charge in [0.1, 0.15) is 0 Å². The van der Waals surface area contributed by atoms with Crippen molar-refractivity contribution in [2.45, 2.75) is 40.2 Å². The SMILES string of the molecule is Cc1cc(C(=O)NCCCN(C)S(C)(=O)=O)c(C)n1C(C)C. The van der Waals surface area contributed by atoms with Crippen LogP contribution in [0.2, 0.25) is 0 Å². The van der Waals surface area contributed by atoms with Gasteiger partial charge in [-0.25, -0.2) is 12.7 Å². The van der Waals surface area contributed by atoms with Crippen LogP contribution in [0.25, 0.3) is 0 Å². The normalized spacial score (nSPS) is 12.2. The van der Waals surface area contributed by atoms with Crippen molar-refractivity contribution in [1.82, 2.24) is 14.2 Å². The van der Waals surface area contributed by atoms with E-state index in [1.54, 1.807) is 0 Å². The number of sulfonamides is 1. The van der Waals surface area contributed by atoms with Gasteiger partial charge in [-0.1, -0.05) is 0 Å². The predicted octanol–water partition coefficient (Wildman–Crippen LogP) is 1.70. The molecule has 0 atom stereocenters. The molecule has 6 nitrogen and oxygen atoms in total. The zero-order valence-corrected chi connectivity index (χ0v) is 15.1. The van der Waals surface area contributed by atoms with Crippen molar-refractivity contribution in [2.24, 2.45) is 0 Å². The van der Waals surface area contributed by atoms with Gasteiger partial charge in [0.15, 0.2) is 0 Å². The molecule has 0 aromatic carbocycles. The third kappa shape index (κ3) is 4.58. The molecule has 1 aromatic heterocycles. The summed E-state index contributed by atoms with van der Waals surface area (Å²) >= 11 is 0. The molecule has 126 valence electrons. The van der Waals surface area contributed by atoms with Gasteiger partial charge in [-0.05, 0) is 40.2 Å². The number of aromatic nitrogens is 1. The van der Waals surface area contributed by atoms with Gasteiger partial charge < -0.3 is 9.88 Å². The first kappa shape index (κ1) is 18.7. The van der Waals surface area contributed by atoms with Crippen molar-refractivity contribution >= 4 is 15.9 Å². The van der Waals surface area contributed by atoms with Crippen LogP contribution in [-0.4, -0.2) is 49.6 Å². The fourth-order valence-electron chi connectivity index (χ4n) is 2.57. The first-order valence-electron chi connectivity index (χ1n) is 7.43. The summed E-state index contributed by atoms with van der Waals surface area (Å²) in [5, 5.41) is 2.85. The Kier molecular flexibility index (Phi) is 6.19. The maximum absolute atomic E-state index is 12.2. The molecule has 22 heavy (non-hydrogen) atoms. The molecule has 0 aliphatic carbocycles. The summed E-state index contributed by atoms with van der Waals surface area (Å²) in [4.78, 5) is 12.2. The lowest BCUT2D eigenvalue weighted by Crippen LogP contribution is -2.31. The Labute approximate surface area is 133 Å². The van der Waals surface area contributed by atoms with Crippen molar-refractivity contribution in [3.05, 3.63) is 23.0 Å². The minimum atomic E-state index is -3.16. The second-order valence-electron chi connectivity index (χ2n) is 5.94. The third-order valence-electron chi connectivity index (χ3n) is 3.75. The van der Waals surface area contributed by atoms with E-state index >= 15 is 0 Å². The lowest BCUT2D eigenvalue weighted by molar-refractivity contribution is 0.0952. The quantitative estimate of drug-likeness (QED) is 0.774. The average molecular weight is 329 g/mol. The van der Waals surface area contributed by atoms with Crippen LogP contribution in [0, 0.1) is 13.8 Å². The van der Waals surface area contributed by atoms with Crippen molar-refractivity contribution in [2.75, 3.05) is 26.4 Å². The fraction of sp³-hybridized carbons (Fsp3) is 0.667. The van der Waals surface area contributed by atoms with Crippen LogP contribution in [0.4, 0.5) is 0 Å². The van der Waals surface area contributed by atoms with Gasteiger partial charge >= 0.3 is 0 Å². The highest BCUT2D eigenvalue weighted by Gasteiger charge is 2.17. The number of carbonyl (C=O) groups is 1. The summed E-state index contributed by atoms with van der Waals surface area (Å²) in [6.07, 6.45) is 1.75. The van der Waals surface area contributed by atoms with Gasteiger partial charge in [-0.3, -0.25) is 4.79 Å². The van der Waals surface area contributed by atoms with Crippen LogP contribution in [0.3, 0.4) is 0 Å². The van der Waals surface area contributed by atoms with E-state index < -0.39 is 10.0 Å². The zero-order chi connectivity index (χ0) is 17.1. The molecule has 0 bridgehead atoms. The fourth-order valence-corrected chi connectivity index (χ4v) is 3.03. The minimum Gasteiger partial charge on any atom is -0.352 e. The Morgan fingerprint density at radius 1 is 1.36 bits per heavy atom. The van der Waals surface area contributed by atoms with Crippen molar-refractivity contribution < 1.29 is 13.2 Å². The molecule has 0 aliphatic heterocycles. The molecule has 0 radical (unpaired) electrons. The van der Waals surface area contributed by atoms with Crippen molar-refractivity contribution in [1.29, 1.82) is 0 Å². The largest absolute Gasteiger partial charge is 0.352 e.